The Morgan fingerprint density at radius 3 is 2.48 bits per heavy atom. The van der Waals surface area contributed by atoms with Crippen LogP contribution in [0.15, 0.2) is 42.5 Å². The van der Waals surface area contributed by atoms with Crippen LogP contribution in [0.25, 0.3) is 0 Å². The number of nitrogens with one attached hydrogen (secondary N) is 2. The van der Waals surface area contributed by atoms with Crippen LogP contribution in [-0.4, -0.2) is 25.0 Å². The normalized spacial score (nSPS) is 11.3. The van der Waals surface area contributed by atoms with Crippen molar-refractivity contribution in [2.24, 2.45) is 5.92 Å². The van der Waals surface area contributed by atoms with Gasteiger partial charge in [-0.05, 0) is 36.2 Å². The number of rotatable bonds is 7. The van der Waals surface area contributed by atoms with Crippen LogP contribution in [0.4, 0.5) is 18.9 Å². The van der Waals surface area contributed by atoms with Crippen molar-refractivity contribution < 1.29 is 27.5 Å². The van der Waals surface area contributed by atoms with E-state index in [1.807, 2.05) is 13.8 Å². The fourth-order valence-corrected chi connectivity index (χ4v) is 2.54. The van der Waals surface area contributed by atoms with Gasteiger partial charge in [0, 0.05) is 12.2 Å². The smallest absolute Gasteiger partial charge is 0.417 e. The first kappa shape index (κ1) is 22.5. The Morgan fingerprint density at radius 1 is 1.14 bits per heavy atom. The Morgan fingerprint density at radius 2 is 1.83 bits per heavy atom. The van der Waals surface area contributed by atoms with Gasteiger partial charge in [-0.15, -0.1) is 0 Å². The minimum atomic E-state index is -4.65. The van der Waals surface area contributed by atoms with Gasteiger partial charge in [0.1, 0.15) is 5.75 Å². The zero-order chi connectivity index (χ0) is 21.6. The van der Waals surface area contributed by atoms with Crippen molar-refractivity contribution >= 4 is 29.1 Å². The maximum atomic E-state index is 13.0. The molecule has 0 unspecified atom stereocenters. The molecule has 0 saturated carbocycles. The van der Waals surface area contributed by atoms with Crippen LogP contribution in [0.5, 0.6) is 5.75 Å². The Labute approximate surface area is 171 Å². The van der Waals surface area contributed by atoms with E-state index in [2.05, 4.69) is 10.6 Å². The highest BCUT2D eigenvalue weighted by atomic mass is 35.5. The van der Waals surface area contributed by atoms with Crippen LogP contribution in [0, 0.1) is 5.92 Å². The fourth-order valence-electron chi connectivity index (χ4n) is 2.31. The molecule has 2 rings (SSSR count). The third kappa shape index (κ3) is 6.67. The molecule has 156 valence electrons. The van der Waals surface area contributed by atoms with Crippen molar-refractivity contribution in [1.29, 1.82) is 0 Å². The summed E-state index contributed by atoms with van der Waals surface area (Å²) in [6, 6.07) is 9.19. The van der Waals surface area contributed by atoms with Crippen LogP contribution in [0.3, 0.4) is 0 Å². The maximum absolute atomic E-state index is 13.0. The molecular weight excluding hydrogens is 409 g/mol. The third-order valence-electron chi connectivity index (χ3n) is 3.73. The largest absolute Gasteiger partial charge is 0.483 e. The highest BCUT2D eigenvalue weighted by Crippen LogP contribution is 2.36. The number of alkyl halides is 3. The first-order chi connectivity index (χ1) is 13.6. The number of halogens is 4. The second-order valence-corrected chi connectivity index (χ2v) is 7.04. The van der Waals surface area contributed by atoms with Crippen molar-refractivity contribution in [2.45, 2.75) is 20.0 Å². The van der Waals surface area contributed by atoms with Gasteiger partial charge < -0.3 is 15.4 Å². The lowest BCUT2D eigenvalue weighted by Gasteiger charge is -2.14. The number of hydrogen-bond acceptors (Lipinski definition) is 3. The van der Waals surface area contributed by atoms with Gasteiger partial charge >= 0.3 is 6.18 Å². The van der Waals surface area contributed by atoms with E-state index in [1.165, 1.54) is 18.2 Å². The highest BCUT2D eigenvalue weighted by Gasteiger charge is 2.33. The van der Waals surface area contributed by atoms with Crippen molar-refractivity contribution in [1.82, 2.24) is 5.32 Å². The van der Waals surface area contributed by atoms with Crippen LogP contribution < -0.4 is 15.4 Å². The number of carbonyl (C=O) groups is 2. The molecule has 2 N–H and O–H groups in total. The highest BCUT2D eigenvalue weighted by molar-refractivity contribution is 6.31. The van der Waals surface area contributed by atoms with Gasteiger partial charge in [0.05, 0.1) is 16.1 Å². The number of hydrogen-bond donors (Lipinski definition) is 2. The summed E-state index contributed by atoms with van der Waals surface area (Å²) in [7, 11) is 0. The molecule has 0 aliphatic rings. The Balaban J connectivity index is 2.11. The topological polar surface area (TPSA) is 67.4 Å². The third-order valence-corrected chi connectivity index (χ3v) is 4.06. The molecule has 9 heteroatoms. The number of ether oxygens (including phenoxy) is 1. The van der Waals surface area contributed by atoms with Crippen molar-refractivity contribution in [3.8, 4) is 5.75 Å². The van der Waals surface area contributed by atoms with E-state index < -0.39 is 22.7 Å². The molecule has 0 saturated heterocycles. The molecule has 0 aliphatic heterocycles. The number of benzene rings is 2. The first-order valence-electron chi connectivity index (χ1n) is 8.74. The molecule has 0 spiro atoms. The second kappa shape index (κ2) is 9.65. The SMILES string of the molecule is CC(C)CNC(=O)COc1ccccc1C(=O)Nc1ccc(Cl)c(C(F)(F)F)c1. The molecule has 0 heterocycles. The van der Waals surface area contributed by atoms with Gasteiger partial charge in [-0.3, -0.25) is 9.59 Å². The minimum Gasteiger partial charge on any atom is -0.483 e. The van der Waals surface area contributed by atoms with E-state index in [0.29, 0.717) is 6.54 Å². The second-order valence-electron chi connectivity index (χ2n) is 6.63. The van der Waals surface area contributed by atoms with Gasteiger partial charge in [-0.25, -0.2) is 0 Å². The summed E-state index contributed by atoms with van der Waals surface area (Å²) in [6.07, 6.45) is -4.65. The van der Waals surface area contributed by atoms with Crippen LogP contribution in [-0.2, 0) is 11.0 Å². The van der Waals surface area contributed by atoms with Crippen LogP contribution >= 0.6 is 11.6 Å². The van der Waals surface area contributed by atoms with Crippen LogP contribution in [0.2, 0.25) is 5.02 Å². The predicted molar refractivity (Wildman–Crippen MR) is 104 cm³/mol. The summed E-state index contributed by atoms with van der Waals surface area (Å²) in [5.41, 5.74) is -1.05. The Hall–Kier alpha value is -2.74. The van der Waals surface area contributed by atoms with E-state index in [9.17, 15) is 22.8 Å². The van der Waals surface area contributed by atoms with Gasteiger partial charge in [-0.2, -0.15) is 13.2 Å². The zero-order valence-corrected chi connectivity index (χ0v) is 16.5. The maximum Gasteiger partial charge on any atom is 0.417 e. The lowest BCUT2D eigenvalue weighted by molar-refractivity contribution is -0.137. The van der Waals surface area contributed by atoms with Gasteiger partial charge in [0.15, 0.2) is 6.61 Å². The zero-order valence-electron chi connectivity index (χ0n) is 15.8. The average Bonchev–Trinajstić information content (AvgIpc) is 2.65. The van der Waals surface area contributed by atoms with Crippen molar-refractivity contribution in [3.63, 3.8) is 0 Å². The summed E-state index contributed by atoms with van der Waals surface area (Å²) < 4.78 is 44.4. The molecule has 0 radical (unpaired) electrons. The average molecular weight is 429 g/mol. The Kier molecular flexibility index (Phi) is 7.50. The first-order valence-corrected chi connectivity index (χ1v) is 9.12. The van der Waals surface area contributed by atoms with Crippen molar-refractivity contribution in [2.75, 3.05) is 18.5 Å². The fraction of sp³-hybridized carbons (Fsp3) is 0.300. The molecular formula is C20H20ClF3N2O3. The molecule has 2 aromatic rings. The molecule has 0 aromatic heterocycles. The number of amides is 2. The molecule has 2 aromatic carbocycles. The number of carbonyl (C=O) groups excluding carboxylic acids is 2. The van der Waals surface area contributed by atoms with Crippen LogP contribution in [0.1, 0.15) is 29.8 Å². The summed E-state index contributed by atoms with van der Waals surface area (Å²) in [6.45, 7) is 4.09. The monoisotopic (exact) mass is 428 g/mol. The number of anilines is 1. The van der Waals surface area contributed by atoms with Gasteiger partial charge in [-0.1, -0.05) is 37.6 Å². The summed E-state index contributed by atoms with van der Waals surface area (Å²) >= 11 is 5.59. The Bertz CT molecular complexity index is 886. The van der Waals surface area contributed by atoms with E-state index in [-0.39, 0.29) is 35.4 Å². The molecule has 0 bridgehead atoms. The van der Waals surface area contributed by atoms with E-state index in [0.717, 1.165) is 12.1 Å². The van der Waals surface area contributed by atoms with Gasteiger partial charge in [0.2, 0.25) is 0 Å². The lowest BCUT2D eigenvalue weighted by atomic mass is 10.1. The molecule has 2 amide bonds. The standard InChI is InChI=1S/C20H20ClF3N2O3/c1-12(2)10-25-18(27)11-29-17-6-4-3-5-14(17)19(28)26-13-7-8-16(21)15(9-13)20(22,23)24/h3-9,12H,10-11H2,1-2H3,(H,25,27)(H,26,28). The van der Waals surface area contributed by atoms with E-state index in [1.54, 1.807) is 12.1 Å². The molecule has 0 aliphatic carbocycles. The van der Waals surface area contributed by atoms with E-state index >= 15 is 0 Å². The minimum absolute atomic E-state index is 0.0730. The molecule has 0 fully saturated rings. The summed E-state index contributed by atoms with van der Waals surface area (Å²) in [4.78, 5) is 24.3. The molecule has 5 nitrogen and oxygen atoms in total. The summed E-state index contributed by atoms with van der Waals surface area (Å²) in [5.74, 6) is -0.618. The molecule has 29 heavy (non-hydrogen) atoms. The van der Waals surface area contributed by atoms with Crippen molar-refractivity contribution in [3.05, 3.63) is 58.6 Å². The van der Waals surface area contributed by atoms with Gasteiger partial charge in [0.25, 0.3) is 11.8 Å². The molecule has 0 atom stereocenters. The quantitative estimate of drug-likeness (QED) is 0.668. The van der Waals surface area contributed by atoms with E-state index in [4.69, 9.17) is 16.3 Å². The lowest BCUT2D eigenvalue weighted by Crippen LogP contribution is -2.32. The summed E-state index contributed by atoms with van der Waals surface area (Å²) in [5, 5.41) is 4.60. The number of para-hydroxylation sites is 1. The predicted octanol–water partition coefficient (Wildman–Crippen LogP) is 4.76.